The van der Waals surface area contributed by atoms with Crippen LogP contribution in [0.1, 0.15) is 24.7 Å². The molecule has 0 atom stereocenters. The van der Waals surface area contributed by atoms with E-state index in [1.54, 1.807) is 35.2 Å². The highest BCUT2D eigenvalue weighted by Crippen LogP contribution is 2.10. The van der Waals surface area contributed by atoms with E-state index in [4.69, 9.17) is 0 Å². The number of nitrogens with zero attached hydrogens (tertiary/aromatic N) is 2. The number of rotatable bonds is 6. The van der Waals surface area contributed by atoms with Crippen LogP contribution in [0.4, 0.5) is 4.39 Å². The molecule has 0 aliphatic heterocycles. The van der Waals surface area contributed by atoms with Gasteiger partial charge in [0.05, 0.1) is 17.4 Å². The molecular weight excluding hydrogens is 333 g/mol. The molecule has 0 fully saturated rings. The van der Waals surface area contributed by atoms with Crippen molar-refractivity contribution < 1.29 is 9.18 Å². The topological polar surface area (TPSA) is 66.1 Å². The first-order valence-electron chi connectivity index (χ1n) is 8.57. The van der Waals surface area contributed by atoms with Crippen LogP contribution in [0.5, 0.6) is 0 Å². The van der Waals surface area contributed by atoms with E-state index in [0.717, 1.165) is 5.56 Å². The van der Waals surface area contributed by atoms with E-state index < -0.39 is 0 Å². The molecule has 0 saturated carbocycles. The number of amides is 1. The second-order valence-corrected chi connectivity index (χ2v) is 6.06. The minimum atomic E-state index is -0.290. The number of H-pyrrole nitrogens is 1. The van der Waals surface area contributed by atoms with Crippen molar-refractivity contribution in [1.29, 1.82) is 0 Å². The van der Waals surface area contributed by atoms with Gasteiger partial charge in [0.1, 0.15) is 11.6 Å². The van der Waals surface area contributed by atoms with Crippen LogP contribution in [0, 0.1) is 5.82 Å². The molecule has 0 unspecified atom stereocenters. The Morgan fingerprint density at radius 3 is 2.62 bits per heavy atom. The standard InChI is InChI=1S/C20H20FN3O2/c1-2-24(19(25)12-9-14-7-10-15(21)11-8-14)13-18-22-17-6-4-3-5-16(17)20(26)23-18/h3-8,10-11H,2,9,12-13H2,1H3,(H,22,23,26). The molecule has 1 N–H and O–H groups in total. The maximum atomic E-state index is 12.9. The zero-order chi connectivity index (χ0) is 18.5. The van der Waals surface area contributed by atoms with E-state index in [0.29, 0.717) is 36.1 Å². The molecular formula is C20H20FN3O2. The third-order valence-electron chi connectivity index (χ3n) is 4.28. The van der Waals surface area contributed by atoms with Crippen molar-refractivity contribution in [3.63, 3.8) is 0 Å². The fourth-order valence-corrected chi connectivity index (χ4v) is 2.83. The number of halogens is 1. The lowest BCUT2D eigenvalue weighted by Crippen LogP contribution is -2.32. The van der Waals surface area contributed by atoms with Gasteiger partial charge >= 0.3 is 0 Å². The summed E-state index contributed by atoms with van der Waals surface area (Å²) in [5, 5.41) is 0.530. The minimum Gasteiger partial charge on any atom is -0.335 e. The van der Waals surface area contributed by atoms with E-state index in [1.807, 2.05) is 13.0 Å². The molecule has 3 aromatic rings. The minimum absolute atomic E-state index is 0.0346. The van der Waals surface area contributed by atoms with Crippen molar-refractivity contribution in [3.8, 4) is 0 Å². The van der Waals surface area contributed by atoms with Crippen LogP contribution < -0.4 is 5.56 Å². The fourth-order valence-electron chi connectivity index (χ4n) is 2.83. The molecule has 3 rings (SSSR count). The Labute approximate surface area is 150 Å². The van der Waals surface area contributed by atoms with Crippen molar-refractivity contribution in [2.45, 2.75) is 26.3 Å². The molecule has 1 amide bonds. The van der Waals surface area contributed by atoms with Gasteiger partial charge in [0, 0.05) is 13.0 Å². The van der Waals surface area contributed by atoms with Crippen LogP contribution >= 0.6 is 0 Å². The molecule has 134 valence electrons. The first-order valence-corrected chi connectivity index (χ1v) is 8.57. The van der Waals surface area contributed by atoms with E-state index in [-0.39, 0.29) is 23.8 Å². The average molecular weight is 353 g/mol. The lowest BCUT2D eigenvalue weighted by molar-refractivity contribution is -0.131. The third kappa shape index (κ3) is 4.14. The van der Waals surface area contributed by atoms with Crippen LogP contribution in [0.25, 0.3) is 10.9 Å². The number of carbonyl (C=O) groups excluding carboxylic acids is 1. The van der Waals surface area contributed by atoms with Crippen molar-refractivity contribution in [1.82, 2.24) is 14.9 Å². The zero-order valence-electron chi connectivity index (χ0n) is 14.5. The summed E-state index contributed by atoms with van der Waals surface area (Å²) in [5.41, 5.74) is 1.31. The van der Waals surface area contributed by atoms with Gasteiger partial charge in [-0.1, -0.05) is 24.3 Å². The lowest BCUT2D eigenvalue weighted by Gasteiger charge is -2.20. The summed E-state index contributed by atoms with van der Waals surface area (Å²) < 4.78 is 12.9. The molecule has 0 aliphatic rings. The summed E-state index contributed by atoms with van der Waals surface area (Å²) >= 11 is 0. The predicted molar refractivity (Wildman–Crippen MR) is 98.2 cm³/mol. The van der Waals surface area contributed by atoms with Gasteiger partial charge in [-0.25, -0.2) is 9.37 Å². The molecule has 0 bridgehead atoms. The van der Waals surface area contributed by atoms with Gasteiger partial charge in [0.2, 0.25) is 5.91 Å². The lowest BCUT2D eigenvalue weighted by atomic mass is 10.1. The van der Waals surface area contributed by atoms with Gasteiger partial charge in [-0.15, -0.1) is 0 Å². The van der Waals surface area contributed by atoms with Crippen LogP contribution in [-0.4, -0.2) is 27.3 Å². The van der Waals surface area contributed by atoms with Crippen molar-refractivity contribution >= 4 is 16.8 Å². The van der Waals surface area contributed by atoms with Gasteiger partial charge in [-0.2, -0.15) is 0 Å². The fraction of sp³-hybridized carbons (Fsp3) is 0.250. The van der Waals surface area contributed by atoms with Crippen LogP contribution in [0.15, 0.2) is 53.3 Å². The number of carbonyl (C=O) groups is 1. The monoisotopic (exact) mass is 353 g/mol. The average Bonchev–Trinajstić information content (AvgIpc) is 2.65. The normalized spacial score (nSPS) is 10.8. The second-order valence-electron chi connectivity index (χ2n) is 6.06. The second kappa shape index (κ2) is 7.91. The number of hydrogen-bond acceptors (Lipinski definition) is 3. The predicted octanol–water partition coefficient (Wildman–Crippen LogP) is 3.04. The van der Waals surface area contributed by atoms with Crippen LogP contribution in [0.3, 0.4) is 0 Å². The molecule has 0 aliphatic carbocycles. The molecule has 0 radical (unpaired) electrons. The molecule has 1 aromatic heterocycles. The summed E-state index contributed by atoms with van der Waals surface area (Å²) in [5.74, 6) is 0.139. The summed E-state index contributed by atoms with van der Waals surface area (Å²) in [4.78, 5) is 33.5. The van der Waals surface area contributed by atoms with Crippen LogP contribution in [-0.2, 0) is 17.8 Å². The molecule has 0 spiro atoms. The van der Waals surface area contributed by atoms with E-state index in [9.17, 15) is 14.0 Å². The number of benzene rings is 2. The Morgan fingerprint density at radius 1 is 1.15 bits per heavy atom. The molecule has 5 nitrogen and oxygen atoms in total. The Balaban J connectivity index is 1.69. The highest BCUT2D eigenvalue weighted by atomic mass is 19.1. The summed E-state index contributed by atoms with van der Waals surface area (Å²) in [7, 11) is 0. The zero-order valence-corrected chi connectivity index (χ0v) is 14.5. The Morgan fingerprint density at radius 2 is 1.88 bits per heavy atom. The van der Waals surface area contributed by atoms with Crippen molar-refractivity contribution in [2.24, 2.45) is 0 Å². The molecule has 2 aromatic carbocycles. The smallest absolute Gasteiger partial charge is 0.258 e. The van der Waals surface area contributed by atoms with Crippen LogP contribution in [0.2, 0.25) is 0 Å². The maximum absolute atomic E-state index is 12.9. The summed E-state index contributed by atoms with van der Waals surface area (Å²) in [6, 6.07) is 13.3. The molecule has 1 heterocycles. The Bertz CT molecular complexity index is 967. The summed E-state index contributed by atoms with van der Waals surface area (Å²) in [6.07, 6.45) is 0.856. The number of aromatic nitrogens is 2. The number of hydrogen-bond donors (Lipinski definition) is 1. The van der Waals surface area contributed by atoms with Crippen molar-refractivity contribution in [2.75, 3.05) is 6.54 Å². The summed E-state index contributed by atoms with van der Waals surface area (Å²) in [6.45, 7) is 2.65. The SMILES string of the molecule is CCN(Cc1nc2ccccc2c(=O)[nH]1)C(=O)CCc1ccc(F)cc1. The van der Waals surface area contributed by atoms with Crippen molar-refractivity contribution in [3.05, 3.63) is 76.1 Å². The number of nitrogens with one attached hydrogen (secondary N) is 1. The first-order chi connectivity index (χ1) is 12.6. The highest BCUT2D eigenvalue weighted by molar-refractivity contribution is 5.78. The number of aromatic amines is 1. The number of para-hydroxylation sites is 1. The third-order valence-corrected chi connectivity index (χ3v) is 4.28. The largest absolute Gasteiger partial charge is 0.335 e. The van der Waals surface area contributed by atoms with Gasteiger partial charge in [0.25, 0.3) is 5.56 Å². The van der Waals surface area contributed by atoms with Gasteiger partial charge in [0.15, 0.2) is 0 Å². The van der Waals surface area contributed by atoms with Gasteiger partial charge in [-0.05, 0) is 43.2 Å². The molecule has 26 heavy (non-hydrogen) atoms. The van der Waals surface area contributed by atoms with E-state index in [1.165, 1.54) is 12.1 Å². The molecule has 0 saturated heterocycles. The Kier molecular flexibility index (Phi) is 5.41. The first kappa shape index (κ1) is 17.8. The molecule has 6 heteroatoms. The van der Waals surface area contributed by atoms with E-state index in [2.05, 4.69) is 9.97 Å². The quantitative estimate of drug-likeness (QED) is 0.741. The maximum Gasteiger partial charge on any atom is 0.258 e. The number of aryl methyl sites for hydroxylation is 1. The highest BCUT2D eigenvalue weighted by Gasteiger charge is 2.14. The Hall–Kier alpha value is -3.02. The van der Waals surface area contributed by atoms with Gasteiger partial charge < -0.3 is 9.88 Å². The van der Waals surface area contributed by atoms with E-state index >= 15 is 0 Å². The van der Waals surface area contributed by atoms with Gasteiger partial charge in [-0.3, -0.25) is 9.59 Å². The number of fused-ring (bicyclic) bond motifs is 1.